The Hall–Kier alpha value is -2.47. The van der Waals surface area contributed by atoms with Crippen molar-refractivity contribution in [1.29, 1.82) is 0 Å². The summed E-state index contributed by atoms with van der Waals surface area (Å²) in [5.74, 6) is 1.44. The van der Waals surface area contributed by atoms with Crippen LogP contribution in [-0.2, 0) is 13.6 Å². The standard InChI is InChI=1S/C20H26N6/c1-14-17-8-9-18(23-20(17)25(3)24-14)15-7-5-11-26(12-15)13-16-6-4-10-22-19(16)21-2/h4,6,8-10,15H,5,7,11-13H2,1-3H3,(H,21,22)/t15-/m1/s1. The lowest BCUT2D eigenvalue weighted by Gasteiger charge is -2.32. The number of likely N-dealkylation sites (tertiary alicyclic amines) is 1. The molecule has 0 radical (unpaired) electrons. The minimum atomic E-state index is 0.470. The monoisotopic (exact) mass is 350 g/mol. The number of pyridine rings is 2. The Morgan fingerprint density at radius 2 is 2.15 bits per heavy atom. The van der Waals surface area contributed by atoms with E-state index in [-0.39, 0.29) is 0 Å². The second-order valence-corrected chi connectivity index (χ2v) is 7.15. The first-order valence-corrected chi connectivity index (χ1v) is 9.30. The first kappa shape index (κ1) is 17.0. The molecule has 0 saturated carbocycles. The van der Waals surface area contributed by atoms with Gasteiger partial charge in [-0.2, -0.15) is 5.10 Å². The van der Waals surface area contributed by atoms with Crippen LogP contribution >= 0.6 is 0 Å². The first-order chi connectivity index (χ1) is 12.7. The second-order valence-electron chi connectivity index (χ2n) is 7.15. The fraction of sp³-hybridized carbons (Fsp3) is 0.450. The van der Waals surface area contributed by atoms with Crippen molar-refractivity contribution in [1.82, 2.24) is 24.6 Å². The molecule has 0 unspecified atom stereocenters. The summed E-state index contributed by atoms with van der Waals surface area (Å²) in [6.07, 6.45) is 4.23. The molecule has 4 heterocycles. The molecule has 0 bridgehead atoms. The van der Waals surface area contributed by atoms with Crippen molar-refractivity contribution in [3.05, 3.63) is 47.4 Å². The zero-order chi connectivity index (χ0) is 18.1. The largest absolute Gasteiger partial charge is 0.373 e. The van der Waals surface area contributed by atoms with E-state index in [0.717, 1.165) is 42.2 Å². The highest BCUT2D eigenvalue weighted by Gasteiger charge is 2.24. The van der Waals surface area contributed by atoms with Crippen LogP contribution in [0.3, 0.4) is 0 Å². The van der Waals surface area contributed by atoms with E-state index in [1.165, 1.54) is 24.1 Å². The van der Waals surface area contributed by atoms with Crippen LogP contribution in [0, 0.1) is 6.92 Å². The molecule has 136 valence electrons. The number of piperidine rings is 1. The Bertz CT molecular complexity index is 916. The van der Waals surface area contributed by atoms with Gasteiger partial charge in [0.1, 0.15) is 5.82 Å². The van der Waals surface area contributed by atoms with E-state index in [2.05, 4.69) is 38.5 Å². The van der Waals surface area contributed by atoms with Gasteiger partial charge in [0.25, 0.3) is 0 Å². The SMILES string of the molecule is CNc1ncccc1CN1CCC[C@@H](c2ccc3c(C)nn(C)c3n2)C1. The second kappa shape index (κ2) is 7.03. The molecule has 26 heavy (non-hydrogen) atoms. The van der Waals surface area contributed by atoms with Crippen LogP contribution in [0.15, 0.2) is 30.5 Å². The van der Waals surface area contributed by atoms with Crippen LogP contribution in [0.5, 0.6) is 0 Å². The van der Waals surface area contributed by atoms with Gasteiger partial charge in [-0.25, -0.2) is 9.97 Å². The number of nitrogens with one attached hydrogen (secondary N) is 1. The van der Waals surface area contributed by atoms with Gasteiger partial charge in [-0.1, -0.05) is 6.07 Å². The van der Waals surface area contributed by atoms with E-state index in [1.54, 1.807) is 0 Å². The molecule has 1 saturated heterocycles. The van der Waals surface area contributed by atoms with Crippen LogP contribution < -0.4 is 5.32 Å². The number of anilines is 1. The molecule has 3 aromatic rings. The predicted octanol–water partition coefficient (Wildman–Crippen LogP) is 3.09. The maximum Gasteiger partial charge on any atom is 0.158 e. The summed E-state index contributed by atoms with van der Waals surface area (Å²) in [6, 6.07) is 8.54. The number of fused-ring (bicyclic) bond motifs is 1. The van der Waals surface area contributed by atoms with Crippen molar-refractivity contribution in [3.63, 3.8) is 0 Å². The smallest absolute Gasteiger partial charge is 0.158 e. The third-order valence-electron chi connectivity index (χ3n) is 5.34. The van der Waals surface area contributed by atoms with Crippen molar-refractivity contribution in [2.75, 3.05) is 25.5 Å². The van der Waals surface area contributed by atoms with Crippen molar-refractivity contribution >= 4 is 16.9 Å². The third kappa shape index (κ3) is 3.17. The molecule has 6 heteroatoms. The Morgan fingerprint density at radius 3 is 3.00 bits per heavy atom. The zero-order valence-electron chi connectivity index (χ0n) is 15.7. The number of aromatic nitrogens is 4. The quantitative estimate of drug-likeness (QED) is 0.783. The molecule has 0 aliphatic carbocycles. The van der Waals surface area contributed by atoms with E-state index in [4.69, 9.17) is 4.98 Å². The molecule has 1 N–H and O–H groups in total. The lowest BCUT2D eigenvalue weighted by molar-refractivity contribution is 0.199. The summed E-state index contributed by atoms with van der Waals surface area (Å²) in [5.41, 5.74) is 4.47. The first-order valence-electron chi connectivity index (χ1n) is 9.30. The maximum absolute atomic E-state index is 4.94. The maximum atomic E-state index is 4.94. The fourth-order valence-electron chi connectivity index (χ4n) is 4.02. The number of hydrogen-bond acceptors (Lipinski definition) is 5. The highest BCUT2D eigenvalue weighted by Crippen LogP contribution is 2.29. The van der Waals surface area contributed by atoms with Crippen molar-refractivity contribution in [2.45, 2.75) is 32.2 Å². The molecule has 0 aromatic carbocycles. The fourth-order valence-corrected chi connectivity index (χ4v) is 4.02. The summed E-state index contributed by atoms with van der Waals surface area (Å²) in [6.45, 7) is 5.13. The summed E-state index contributed by atoms with van der Waals surface area (Å²) >= 11 is 0. The normalized spacial score (nSPS) is 18.3. The number of rotatable bonds is 4. The van der Waals surface area contributed by atoms with Gasteiger partial charge in [0.05, 0.1) is 5.69 Å². The zero-order valence-corrected chi connectivity index (χ0v) is 15.7. The molecule has 1 aliphatic heterocycles. The lowest BCUT2D eigenvalue weighted by Crippen LogP contribution is -2.34. The summed E-state index contributed by atoms with van der Waals surface area (Å²) in [5, 5.41) is 8.84. The molecular weight excluding hydrogens is 324 g/mol. The molecule has 1 fully saturated rings. The molecule has 0 spiro atoms. The van der Waals surface area contributed by atoms with Gasteiger partial charge < -0.3 is 5.32 Å². The number of nitrogens with zero attached hydrogens (tertiary/aromatic N) is 5. The van der Waals surface area contributed by atoms with Crippen molar-refractivity contribution in [3.8, 4) is 0 Å². The van der Waals surface area contributed by atoms with E-state index in [1.807, 2.05) is 38.0 Å². The minimum Gasteiger partial charge on any atom is -0.373 e. The van der Waals surface area contributed by atoms with E-state index >= 15 is 0 Å². The number of hydrogen-bond donors (Lipinski definition) is 1. The van der Waals surface area contributed by atoms with Gasteiger partial charge in [-0.05, 0) is 44.5 Å². The van der Waals surface area contributed by atoms with E-state index in [9.17, 15) is 0 Å². The predicted molar refractivity (Wildman–Crippen MR) is 104 cm³/mol. The highest BCUT2D eigenvalue weighted by atomic mass is 15.3. The van der Waals surface area contributed by atoms with Gasteiger partial charge in [-0.3, -0.25) is 9.58 Å². The Morgan fingerprint density at radius 1 is 1.27 bits per heavy atom. The Labute approximate surface area is 154 Å². The molecule has 4 rings (SSSR count). The summed E-state index contributed by atoms with van der Waals surface area (Å²) in [7, 11) is 3.90. The lowest BCUT2D eigenvalue weighted by atomic mass is 9.93. The molecule has 1 atom stereocenters. The number of aryl methyl sites for hydroxylation is 2. The molecular formula is C20H26N6. The van der Waals surface area contributed by atoms with Gasteiger partial charge in [-0.15, -0.1) is 0 Å². The van der Waals surface area contributed by atoms with Gasteiger partial charge in [0, 0.05) is 55.9 Å². The van der Waals surface area contributed by atoms with Crippen LogP contribution in [0.25, 0.3) is 11.0 Å². The van der Waals surface area contributed by atoms with Crippen LogP contribution in [0.2, 0.25) is 0 Å². The molecule has 6 nitrogen and oxygen atoms in total. The third-order valence-corrected chi connectivity index (χ3v) is 5.34. The van der Waals surface area contributed by atoms with Crippen LogP contribution in [0.4, 0.5) is 5.82 Å². The van der Waals surface area contributed by atoms with Crippen molar-refractivity contribution in [2.24, 2.45) is 7.05 Å². The highest BCUT2D eigenvalue weighted by molar-refractivity contribution is 5.78. The minimum absolute atomic E-state index is 0.470. The van der Waals surface area contributed by atoms with Gasteiger partial charge in [0.15, 0.2) is 5.65 Å². The summed E-state index contributed by atoms with van der Waals surface area (Å²) in [4.78, 5) is 11.9. The molecule has 3 aromatic heterocycles. The van der Waals surface area contributed by atoms with Gasteiger partial charge in [0.2, 0.25) is 0 Å². The van der Waals surface area contributed by atoms with Crippen LogP contribution in [0.1, 0.15) is 35.7 Å². The Kier molecular flexibility index (Phi) is 4.59. The van der Waals surface area contributed by atoms with E-state index in [0.29, 0.717) is 5.92 Å². The summed E-state index contributed by atoms with van der Waals surface area (Å²) < 4.78 is 1.89. The van der Waals surface area contributed by atoms with Gasteiger partial charge >= 0.3 is 0 Å². The Balaban J connectivity index is 1.54. The van der Waals surface area contributed by atoms with Crippen LogP contribution in [-0.4, -0.2) is 44.8 Å². The topological polar surface area (TPSA) is 58.9 Å². The van der Waals surface area contributed by atoms with E-state index < -0.39 is 0 Å². The average Bonchev–Trinajstić information content (AvgIpc) is 2.96. The van der Waals surface area contributed by atoms with Crippen molar-refractivity contribution < 1.29 is 0 Å². The molecule has 0 amide bonds. The average molecular weight is 350 g/mol. The molecule has 1 aliphatic rings.